The predicted molar refractivity (Wildman–Crippen MR) is 291 cm³/mol. The van der Waals surface area contributed by atoms with Gasteiger partial charge in [-0.25, -0.2) is 0 Å². The zero-order valence-electron chi connectivity index (χ0n) is 37.9. The van der Waals surface area contributed by atoms with Crippen molar-refractivity contribution in [2.75, 3.05) is 0 Å². The minimum absolute atomic E-state index is 0.187. The Kier molecular flexibility index (Phi) is 15.2. The van der Waals surface area contributed by atoms with Crippen LogP contribution in [0.25, 0.3) is 57.5 Å². The zero-order valence-corrected chi connectivity index (χ0v) is 37.9. The average Bonchev–Trinajstić information content (AvgIpc) is 4.05. The molecule has 0 heterocycles. The van der Waals surface area contributed by atoms with E-state index in [4.69, 9.17) is 0 Å². The Bertz CT molecular complexity index is 3360. The highest BCUT2D eigenvalue weighted by Gasteiger charge is 2.15. The van der Waals surface area contributed by atoms with Crippen LogP contribution < -0.4 is 20.9 Å². The predicted octanol–water partition coefficient (Wildman–Crippen LogP) is 14.2. The van der Waals surface area contributed by atoms with Crippen LogP contribution in [0.15, 0.2) is 272 Å². The summed E-state index contributed by atoms with van der Waals surface area (Å²) in [5, 5.41) is 9.54. The van der Waals surface area contributed by atoms with Gasteiger partial charge in [-0.15, -0.1) is 0 Å². The van der Waals surface area contributed by atoms with E-state index < -0.39 is 0 Å². The molecule has 0 amide bonds. The van der Waals surface area contributed by atoms with Gasteiger partial charge < -0.3 is 0 Å². The number of benzene rings is 5. The molecule has 0 aromatic heterocycles. The fraction of sp³-hybridized carbons (Fsp3) is 0.0606. The van der Waals surface area contributed by atoms with Crippen molar-refractivity contribution in [2.45, 2.75) is 19.8 Å². The Morgan fingerprint density at radius 2 is 1.32 bits per heavy atom. The normalized spacial score (nSPS) is 21.9. The fourth-order valence-corrected chi connectivity index (χ4v) is 8.47. The molecule has 0 fully saturated rings. The van der Waals surface area contributed by atoms with Crippen LogP contribution in [-0.4, -0.2) is 0 Å². The molecule has 0 radical (unpaired) electrons. The standard InChI is InChI=1S/C66H56/c1-4-6-28-62-49-64-57(33-15-11-8-10-14-29-55-31-20-19-30-54(55)24-5-2)36-23-37-63(64)66(65(62)47-52-39-41-60(46-52)61-45-43-56-32-21-22-35-59(56)48-61)58-34-16-12-7-9-13-25-50(3)53(42-44-58)40-38-51-26-17-18-27-51/h4-49,51,60H,2H2,1,3H3/b6-4-,9-7?,11-8+,12-7+,13-9+,14-10+,16-12?,25-13?,33-15?,34-16-,40-38-,44-42?,50-25-,53-42-,53-50?,54-24-,55-29-,58-34?,58-44+,62-28-,65-47?. The van der Waals surface area contributed by atoms with E-state index in [0.717, 1.165) is 32.4 Å². The van der Waals surface area contributed by atoms with Crippen molar-refractivity contribution >= 4 is 57.5 Å². The quantitative estimate of drug-likeness (QED) is 0.116. The van der Waals surface area contributed by atoms with Gasteiger partial charge >= 0.3 is 0 Å². The van der Waals surface area contributed by atoms with Crippen molar-refractivity contribution in [1.29, 1.82) is 0 Å². The second-order valence-electron chi connectivity index (χ2n) is 16.4. The maximum Gasteiger partial charge on any atom is 0.0210 e. The first-order valence-corrected chi connectivity index (χ1v) is 22.9. The molecular formula is C66H56. The van der Waals surface area contributed by atoms with Crippen LogP contribution in [0.5, 0.6) is 0 Å². The summed E-state index contributed by atoms with van der Waals surface area (Å²) in [7, 11) is 0. The van der Waals surface area contributed by atoms with Gasteiger partial charge in [-0.1, -0.05) is 274 Å². The summed E-state index contributed by atoms with van der Waals surface area (Å²) in [6, 6.07) is 32.8. The van der Waals surface area contributed by atoms with Gasteiger partial charge in [-0.3, -0.25) is 0 Å². The Hall–Kier alpha value is -8.06. The van der Waals surface area contributed by atoms with Gasteiger partial charge in [0.05, 0.1) is 0 Å². The average molecular weight is 849 g/mol. The highest BCUT2D eigenvalue weighted by Crippen LogP contribution is 2.31. The van der Waals surface area contributed by atoms with E-state index in [0.29, 0.717) is 0 Å². The first-order chi connectivity index (χ1) is 32.6. The third-order valence-electron chi connectivity index (χ3n) is 11.9. The summed E-state index contributed by atoms with van der Waals surface area (Å²) < 4.78 is 0. The highest BCUT2D eigenvalue weighted by atomic mass is 14.2. The minimum atomic E-state index is 0.187. The van der Waals surface area contributed by atoms with Crippen molar-refractivity contribution in [2.24, 2.45) is 5.92 Å². The SMILES string of the molecule is C=C/C=c1/cccc/c1=C/C=C/C=C/C=Cc1cccc2c(C3=C/C=C(/C=C\C4C=CC=C4)C(\C)=C/C=C/C=C/C=C\3)c(=CC3=CC(c4ccc5ccccc5c4)C=C3)/c(=C\C=C/C)cc12. The molecule has 0 saturated heterocycles. The van der Waals surface area contributed by atoms with E-state index in [1.54, 1.807) is 0 Å². The van der Waals surface area contributed by atoms with Crippen molar-refractivity contribution in [3.8, 4) is 0 Å². The minimum Gasteiger partial charge on any atom is -0.0990 e. The maximum atomic E-state index is 3.87. The number of rotatable bonds is 11. The van der Waals surface area contributed by atoms with E-state index in [9.17, 15) is 0 Å². The fourth-order valence-electron chi connectivity index (χ4n) is 8.47. The number of hydrogen-bond donors (Lipinski definition) is 0. The van der Waals surface area contributed by atoms with Crippen LogP contribution in [0, 0.1) is 5.92 Å². The van der Waals surface area contributed by atoms with Gasteiger partial charge in [0.15, 0.2) is 0 Å². The molecule has 8 rings (SSSR count). The lowest BCUT2D eigenvalue weighted by Crippen LogP contribution is -2.29. The number of allylic oxidation sites excluding steroid dienone is 30. The molecule has 0 N–H and O–H groups in total. The van der Waals surface area contributed by atoms with Gasteiger partial charge in [0.25, 0.3) is 0 Å². The van der Waals surface area contributed by atoms with E-state index >= 15 is 0 Å². The van der Waals surface area contributed by atoms with Gasteiger partial charge in [-0.2, -0.15) is 0 Å². The largest absolute Gasteiger partial charge is 0.0990 e. The Balaban J connectivity index is 1.29. The monoisotopic (exact) mass is 848 g/mol. The molecule has 66 heavy (non-hydrogen) atoms. The van der Waals surface area contributed by atoms with E-state index in [2.05, 4.69) is 282 Å². The van der Waals surface area contributed by atoms with Crippen molar-refractivity contribution in [3.05, 3.63) is 310 Å². The molecule has 0 saturated carbocycles. The van der Waals surface area contributed by atoms with Crippen LogP contribution in [0.3, 0.4) is 0 Å². The van der Waals surface area contributed by atoms with Crippen LogP contribution in [-0.2, 0) is 0 Å². The molecule has 320 valence electrons. The van der Waals surface area contributed by atoms with Crippen LogP contribution in [0.2, 0.25) is 0 Å². The van der Waals surface area contributed by atoms with Gasteiger partial charge in [0.1, 0.15) is 0 Å². The van der Waals surface area contributed by atoms with Gasteiger partial charge in [0, 0.05) is 11.8 Å². The Morgan fingerprint density at radius 3 is 2.17 bits per heavy atom. The third kappa shape index (κ3) is 11.4. The first-order valence-electron chi connectivity index (χ1n) is 22.9. The molecule has 0 heteroatoms. The smallest absolute Gasteiger partial charge is 0.0210 e. The number of hydrogen-bond acceptors (Lipinski definition) is 0. The van der Waals surface area contributed by atoms with E-state index in [1.165, 1.54) is 49.0 Å². The molecule has 0 spiro atoms. The van der Waals surface area contributed by atoms with Crippen LogP contribution >= 0.6 is 0 Å². The van der Waals surface area contributed by atoms with Crippen molar-refractivity contribution < 1.29 is 0 Å². The molecule has 3 aliphatic rings. The topological polar surface area (TPSA) is 0 Å². The molecule has 1 unspecified atom stereocenters. The Labute approximate surface area is 391 Å². The lowest BCUT2D eigenvalue weighted by atomic mass is 9.90. The molecule has 0 nitrogen and oxygen atoms in total. The maximum absolute atomic E-state index is 3.87. The lowest BCUT2D eigenvalue weighted by molar-refractivity contribution is 1.09. The van der Waals surface area contributed by atoms with E-state index in [-0.39, 0.29) is 11.8 Å². The molecule has 5 aromatic rings. The van der Waals surface area contributed by atoms with Crippen molar-refractivity contribution in [3.63, 3.8) is 0 Å². The molecule has 0 bridgehead atoms. The second-order valence-corrected chi connectivity index (χ2v) is 16.4. The molecule has 5 aromatic carbocycles. The summed E-state index contributed by atoms with van der Waals surface area (Å²) in [6.07, 6.45) is 67.4. The second kappa shape index (κ2) is 22.5. The first kappa shape index (κ1) is 44.5. The summed E-state index contributed by atoms with van der Waals surface area (Å²) in [6.45, 7) is 8.13. The molecule has 0 aliphatic heterocycles. The third-order valence-corrected chi connectivity index (χ3v) is 11.9. The van der Waals surface area contributed by atoms with Crippen LogP contribution in [0.1, 0.15) is 36.5 Å². The lowest BCUT2D eigenvalue weighted by Gasteiger charge is -2.14. The van der Waals surface area contributed by atoms with E-state index in [1.807, 2.05) is 18.2 Å². The summed E-state index contributed by atoms with van der Waals surface area (Å²) in [5.41, 5.74) is 8.30. The Morgan fingerprint density at radius 1 is 0.561 bits per heavy atom. The number of fused-ring (bicyclic) bond motifs is 2. The van der Waals surface area contributed by atoms with Gasteiger partial charge in [-0.05, 0) is 107 Å². The molecule has 1 atom stereocenters. The van der Waals surface area contributed by atoms with Crippen LogP contribution in [0.4, 0.5) is 0 Å². The summed E-state index contributed by atoms with van der Waals surface area (Å²) in [5.74, 6) is 0.475. The van der Waals surface area contributed by atoms with Gasteiger partial charge in [0.2, 0.25) is 0 Å². The summed E-state index contributed by atoms with van der Waals surface area (Å²) in [4.78, 5) is 0. The zero-order chi connectivity index (χ0) is 45.3. The van der Waals surface area contributed by atoms with Crippen molar-refractivity contribution in [1.82, 2.24) is 0 Å². The molecular weight excluding hydrogens is 793 g/mol. The molecule has 3 aliphatic carbocycles. The summed E-state index contributed by atoms with van der Waals surface area (Å²) >= 11 is 0. The highest BCUT2D eigenvalue weighted by molar-refractivity contribution is 6.01.